The zero-order valence-electron chi connectivity index (χ0n) is 15.8. The van der Waals surface area contributed by atoms with Gasteiger partial charge in [0.1, 0.15) is 11.9 Å². The first-order valence-electron chi connectivity index (χ1n) is 9.43. The smallest absolute Gasteiger partial charge is 0.257 e. The SMILES string of the molecule is CS(=O)(=O)N1CCC(Oc2ccccc2C(=O)N2CCc3[nH]ncc3C2)CC1. The van der Waals surface area contributed by atoms with Crippen molar-refractivity contribution < 1.29 is 17.9 Å². The predicted octanol–water partition coefficient (Wildman–Crippen LogP) is 1.41. The fourth-order valence-electron chi connectivity index (χ4n) is 3.77. The summed E-state index contributed by atoms with van der Waals surface area (Å²) in [7, 11) is -3.17. The minimum atomic E-state index is -3.17. The van der Waals surface area contributed by atoms with E-state index in [1.165, 1.54) is 10.6 Å². The molecule has 0 atom stereocenters. The van der Waals surface area contributed by atoms with E-state index in [4.69, 9.17) is 4.74 Å². The summed E-state index contributed by atoms with van der Waals surface area (Å²) in [6.45, 7) is 2.05. The molecule has 0 aliphatic carbocycles. The number of fused-ring (bicyclic) bond motifs is 1. The molecule has 0 radical (unpaired) electrons. The number of para-hydroxylation sites is 1. The summed E-state index contributed by atoms with van der Waals surface area (Å²) < 4.78 is 30.9. The lowest BCUT2D eigenvalue weighted by atomic mass is 10.1. The number of amides is 1. The number of H-pyrrole nitrogens is 1. The van der Waals surface area contributed by atoms with Gasteiger partial charge < -0.3 is 9.64 Å². The number of benzene rings is 1. The van der Waals surface area contributed by atoms with E-state index in [9.17, 15) is 13.2 Å². The lowest BCUT2D eigenvalue weighted by Crippen LogP contribution is -2.41. The van der Waals surface area contributed by atoms with Crippen molar-refractivity contribution in [2.24, 2.45) is 0 Å². The van der Waals surface area contributed by atoms with E-state index >= 15 is 0 Å². The van der Waals surface area contributed by atoms with Crippen molar-refractivity contribution in [2.75, 3.05) is 25.9 Å². The second-order valence-corrected chi connectivity index (χ2v) is 9.31. The topological polar surface area (TPSA) is 95.6 Å². The molecule has 1 saturated heterocycles. The number of aromatic nitrogens is 2. The number of aromatic amines is 1. The van der Waals surface area contributed by atoms with E-state index in [-0.39, 0.29) is 12.0 Å². The first kappa shape index (κ1) is 18.9. The first-order valence-corrected chi connectivity index (χ1v) is 11.3. The fourth-order valence-corrected chi connectivity index (χ4v) is 4.65. The summed E-state index contributed by atoms with van der Waals surface area (Å²) in [5.74, 6) is 0.499. The van der Waals surface area contributed by atoms with Gasteiger partial charge in [-0.1, -0.05) is 12.1 Å². The van der Waals surface area contributed by atoms with Gasteiger partial charge in [0, 0.05) is 43.9 Å². The van der Waals surface area contributed by atoms with E-state index in [2.05, 4.69) is 10.2 Å². The average Bonchev–Trinajstić information content (AvgIpc) is 3.15. The van der Waals surface area contributed by atoms with Crippen molar-refractivity contribution in [1.82, 2.24) is 19.4 Å². The molecule has 4 rings (SSSR count). The van der Waals surface area contributed by atoms with Crippen molar-refractivity contribution in [3.8, 4) is 5.75 Å². The Morgan fingerprint density at radius 1 is 1.21 bits per heavy atom. The van der Waals surface area contributed by atoms with Crippen LogP contribution < -0.4 is 4.74 Å². The van der Waals surface area contributed by atoms with Crippen LogP contribution in [0.5, 0.6) is 5.75 Å². The normalized spacial score (nSPS) is 18.7. The molecule has 1 aromatic heterocycles. The molecule has 1 amide bonds. The van der Waals surface area contributed by atoms with Crippen LogP contribution in [0.1, 0.15) is 34.5 Å². The monoisotopic (exact) mass is 404 g/mol. The molecule has 9 heteroatoms. The van der Waals surface area contributed by atoms with Gasteiger partial charge in [0.25, 0.3) is 5.91 Å². The fraction of sp³-hybridized carbons (Fsp3) is 0.474. The molecule has 0 saturated carbocycles. The molecule has 1 aromatic carbocycles. The van der Waals surface area contributed by atoms with Gasteiger partial charge in [0.2, 0.25) is 10.0 Å². The Labute approximate surface area is 164 Å². The largest absolute Gasteiger partial charge is 0.489 e. The highest BCUT2D eigenvalue weighted by Crippen LogP contribution is 2.27. The van der Waals surface area contributed by atoms with Gasteiger partial charge in [0.15, 0.2) is 0 Å². The number of sulfonamides is 1. The van der Waals surface area contributed by atoms with Crippen LogP contribution in [-0.4, -0.2) is 65.7 Å². The molecule has 8 nitrogen and oxygen atoms in total. The molecule has 2 aliphatic heterocycles. The van der Waals surface area contributed by atoms with Gasteiger partial charge >= 0.3 is 0 Å². The van der Waals surface area contributed by atoms with Gasteiger partial charge in [0.05, 0.1) is 18.0 Å². The lowest BCUT2D eigenvalue weighted by molar-refractivity contribution is 0.0722. The minimum Gasteiger partial charge on any atom is -0.489 e. The maximum absolute atomic E-state index is 13.1. The average molecular weight is 404 g/mol. The Morgan fingerprint density at radius 2 is 1.96 bits per heavy atom. The van der Waals surface area contributed by atoms with Crippen molar-refractivity contribution in [3.63, 3.8) is 0 Å². The van der Waals surface area contributed by atoms with Crippen LogP contribution in [0, 0.1) is 0 Å². The van der Waals surface area contributed by atoms with Crippen LogP contribution in [0.3, 0.4) is 0 Å². The Morgan fingerprint density at radius 3 is 2.71 bits per heavy atom. The molecule has 3 heterocycles. The third-order valence-electron chi connectivity index (χ3n) is 5.37. The molecule has 0 unspecified atom stereocenters. The molecule has 1 fully saturated rings. The molecule has 2 aromatic rings. The van der Waals surface area contributed by atoms with Crippen molar-refractivity contribution >= 4 is 15.9 Å². The maximum Gasteiger partial charge on any atom is 0.257 e. The summed E-state index contributed by atoms with van der Waals surface area (Å²) in [6, 6.07) is 7.28. The maximum atomic E-state index is 13.1. The third kappa shape index (κ3) is 3.90. The Balaban J connectivity index is 1.45. The van der Waals surface area contributed by atoms with E-state index < -0.39 is 10.0 Å². The van der Waals surface area contributed by atoms with Gasteiger partial charge in [-0.25, -0.2) is 12.7 Å². The van der Waals surface area contributed by atoms with Crippen molar-refractivity contribution in [2.45, 2.75) is 31.9 Å². The number of carbonyl (C=O) groups is 1. The van der Waals surface area contributed by atoms with Gasteiger partial charge in [-0.3, -0.25) is 9.89 Å². The number of hydrogen-bond acceptors (Lipinski definition) is 5. The van der Waals surface area contributed by atoms with Crippen LogP contribution in [0.25, 0.3) is 0 Å². The van der Waals surface area contributed by atoms with Crippen molar-refractivity contribution in [3.05, 3.63) is 47.3 Å². The molecular weight excluding hydrogens is 380 g/mol. The quantitative estimate of drug-likeness (QED) is 0.831. The second kappa shape index (κ2) is 7.56. The lowest BCUT2D eigenvalue weighted by Gasteiger charge is -2.31. The molecule has 2 aliphatic rings. The summed E-state index contributed by atoms with van der Waals surface area (Å²) in [6.07, 6.45) is 4.87. The number of ether oxygens (including phenoxy) is 1. The number of hydrogen-bond donors (Lipinski definition) is 1. The number of rotatable bonds is 4. The number of nitrogens with zero attached hydrogens (tertiary/aromatic N) is 3. The number of nitrogens with one attached hydrogen (secondary N) is 1. The summed E-state index contributed by atoms with van der Waals surface area (Å²) >= 11 is 0. The highest BCUT2D eigenvalue weighted by Gasteiger charge is 2.28. The minimum absolute atomic E-state index is 0.0592. The van der Waals surface area contributed by atoms with Crippen LogP contribution in [0.15, 0.2) is 30.5 Å². The Kier molecular flexibility index (Phi) is 5.11. The standard InChI is InChI=1S/C19H24N4O4S/c1-28(25,26)23-10-6-15(7-11-23)27-18-5-3-2-4-16(18)19(24)22-9-8-17-14(13-22)12-20-21-17/h2-5,12,15H,6-11,13H2,1H3,(H,20,21). The van der Waals surface area contributed by atoms with Gasteiger partial charge in [-0.05, 0) is 25.0 Å². The molecule has 0 spiro atoms. The zero-order valence-corrected chi connectivity index (χ0v) is 16.6. The van der Waals surface area contributed by atoms with Gasteiger partial charge in [-0.15, -0.1) is 0 Å². The summed E-state index contributed by atoms with van der Waals surface area (Å²) in [4.78, 5) is 14.9. The summed E-state index contributed by atoms with van der Waals surface area (Å²) in [5, 5.41) is 7.03. The highest BCUT2D eigenvalue weighted by atomic mass is 32.2. The van der Waals surface area contributed by atoms with Crippen LogP contribution in [0.4, 0.5) is 0 Å². The van der Waals surface area contributed by atoms with E-state index in [1.807, 2.05) is 23.1 Å². The summed E-state index contributed by atoms with van der Waals surface area (Å²) in [5.41, 5.74) is 2.68. The van der Waals surface area contributed by atoms with Crippen LogP contribution in [-0.2, 0) is 23.0 Å². The Hall–Kier alpha value is -2.39. The molecular formula is C19H24N4O4S. The Bertz CT molecular complexity index is 964. The number of piperidine rings is 1. The molecule has 28 heavy (non-hydrogen) atoms. The zero-order chi connectivity index (χ0) is 19.7. The van der Waals surface area contributed by atoms with Gasteiger partial charge in [-0.2, -0.15) is 5.10 Å². The van der Waals surface area contributed by atoms with E-state index in [1.54, 1.807) is 12.3 Å². The van der Waals surface area contributed by atoms with E-state index in [0.717, 1.165) is 17.7 Å². The second-order valence-electron chi connectivity index (χ2n) is 7.33. The third-order valence-corrected chi connectivity index (χ3v) is 6.67. The molecule has 1 N–H and O–H groups in total. The number of carbonyl (C=O) groups excluding carboxylic acids is 1. The first-order chi connectivity index (χ1) is 13.4. The molecule has 150 valence electrons. The van der Waals surface area contributed by atoms with Crippen LogP contribution >= 0.6 is 0 Å². The predicted molar refractivity (Wildman–Crippen MR) is 104 cm³/mol. The van der Waals surface area contributed by atoms with Crippen LogP contribution in [0.2, 0.25) is 0 Å². The molecule has 0 bridgehead atoms. The van der Waals surface area contributed by atoms with E-state index in [0.29, 0.717) is 50.3 Å². The highest BCUT2D eigenvalue weighted by molar-refractivity contribution is 7.88. The van der Waals surface area contributed by atoms with Crippen molar-refractivity contribution in [1.29, 1.82) is 0 Å².